The van der Waals surface area contributed by atoms with Crippen LogP contribution in [0.15, 0.2) is 29.2 Å². The van der Waals surface area contributed by atoms with Crippen molar-refractivity contribution in [2.24, 2.45) is 29.1 Å². The quantitative estimate of drug-likeness (QED) is 0.598. The highest BCUT2D eigenvalue weighted by atomic mass is 32.2. The number of hydrogen-bond acceptors (Lipinski definition) is 4. The van der Waals surface area contributed by atoms with E-state index < -0.39 is 16.1 Å². The Labute approximate surface area is 184 Å². The van der Waals surface area contributed by atoms with Crippen molar-refractivity contribution in [2.75, 3.05) is 12.4 Å². The Balaban J connectivity index is 1.44. The smallest absolute Gasteiger partial charge is 0.247 e. The molecule has 0 heterocycles. The molecular formula is C23H33N3O4S. The molecule has 4 fully saturated rings. The van der Waals surface area contributed by atoms with E-state index in [1.165, 1.54) is 38.4 Å². The van der Waals surface area contributed by atoms with Gasteiger partial charge in [0.25, 0.3) is 0 Å². The van der Waals surface area contributed by atoms with Crippen LogP contribution >= 0.6 is 0 Å². The lowest BCUT2D eigenvalue weighted by molar-refractivity contribution is -0.148. The van der Waals surface area contributed by atoms with E-state index >= 15 is 0 Å². The average molecular weight is 448 g/mol. The first-order valence-corrected chi connectivity index (χ1v) is 12.8. The number of carbonyl (C=O) groups is 2. The van der Waals surface area contributed by atoms with Crippen molar-refractivity contribution < 1.29 is 18.0 Å². The van der Waals surface area contributed by atoms with Gasteiger partial charge >= 0.3 is 0 Å². The molecule has 2 amide bonds. The Morgan fingerprint density at radius 1 is 0.968 bits per heavy atom. The number of rotatable bonds is 7. The van der Waals surface area contributed by atoms with Gasteiger partial charge in [0.05, 0.1) is 4.90 Å². The molecule has 0 radical (unpaired) electrons. The highest BCUT2D eigenvalue weighted by molar-refractivity contribution is 7.89. The van der Waals surface area contributed by atoms with Crippen molar-refractivity contribution in [3.63, 3.8) is 0 Å². The van der Waals surface area contributed by atoms with Crippen LogP contribution < -0.4 is 15.4 Å². The molecular weight excluding hydrogens is 414 g/mol. The number of benzene rings is 1. The summed E-state index contributed by atoms with van der Waals surface area (Å²) >= 11 is 0. The highest BCUT2D eigenvalue weighted by Gasteiger charge is 2.55. The van der Waals surface area contributed by atoms with E-state index in [0.29, 0.717) is 23.4 Å². The minimum Gasteiger partial charge on any atom is -0.344 e. The lowest BCUT2D eigenvalue weighted by Crippen LogP contribution is -2.57. The number of anilines is 1. The Morgan fingerprint density at radius 2 is 1.48 bits per heavy atom. The van der Waals surface area contributed by atoms with Crippen LogP contribution in [0.5, 0.6) is 0 Å². The largest absolute Gasteiger partial charge is 0.344 e. The molecule has 3 N–H and O–H groups in total. The summed E-state index contributed by atoms with van der Waals surface area (Å²) < 4.78 is 26.0. The van der Waals surface area contributed by atoms with Crippen molar-refractivity contribution in [1.29, 1.82) is 0 Å². The zero-order valence-electron chi connectivity index (χ0n) is 18.5. The van der Waals surface area contributed by atoms with Gasteiger partial charge in [-0.05, 0) is 93.5 Å². The van der Waals surface area contributed by atoms with Crippen LogP contribution in [0.3, 0.4) is 0 Å². The zero-order chi connectivity index (χ0) is 22.4. The van der Waals surface area contributed by atoms with Crippen LogP contribution in [0.2, 0.25) is 0 Å². The van der Waals surface area contributed by atoms with Gasteiger partial charge in [-0.2, -0.15) is 0 Å². The normalized spacial score (nSPS) is 30.3. The van der Waals surface area contributed by atoms with Crippen LogP contribution in [-0.4, -0.2) is 33.3 Å². The molecule has 4 aliphatic rings. The van der Waals surface area contributed by atoms with Crippen LogP contribution in [0.25, 0.3) is 0 Å². The van der Waals surface area contributed by atoms with E-state index in [9.17, 15) is 18.0 Å². The summed E-state index contributed by atoms with van der Waals surface area (Å²) in [6.45, 7) is 3.85. The van der Waals surface area contributed by atoms with Gasteiger partial charge in [-0.25, -0.2) is 13.1 Å². The van der Waals surface area contributed by atoms with Crippen molar-refractivity contribution in [3.05, 3.63) is 24.3 Å². The van der Waals surface area contributed by atoms with Crippen LogP contribution in [0.4, 0.5) is 5.69 Å². The molecule has 1 aromatic carbocycles. The molecule has 5 rings (SSSR count). The third-order valence-electron chi connectivity index (χ3n) is 7.46. The third kappa shape index (κ3) is 4.37. The molecule has 0 spiro atoms. The molecule has 1 atom stereocenters. The van der Waals surface area contributed by atoms with Gasteiger partial charge < -0.3 is 10.6 Å². The molecule has 0 unspecified atom stereocenters. The standard InChI is InChI=1S/C23H33N3O4S/c1-14(2)20(21(27)25-18-4-6-19(7-5-18)31(29,30)24-3)26-22(28)23-11-15-8-16(12-23)10-17(9-15)13-23/h4-7,14-17,20,24H,8-13H2,1-3H3,(H,25,27)(H,26,28)/t15?,16?,17?,20-,23?/m1/s1. The molecule has 8 heteroatoms. The van der Waals surface area contributed by atoms with Gasteiger partial charge in [-0.1, -0.05) is 13.8 Å². The molecule has 170 valence electrons. The van der Waals surface area contributed by atoms with Gasteiger partial charge in [0, 0.05) is 11.1 Å². The zero-order valence-corrected chi connectivity index (χ0v) is 19.3. The maximum absolute atomic E-state index is 13.4. The molecule has 4 aliphatic carbocycles. The average Bonchev–Trinajstić information content (AvgIpc) is 2.70. The van der Waals surface area contributed by atoms with Gasteiger partial charge in [-0.3, -0.25) is 9.59 Å². The predicted octanol–water partition coefficient (Wildman–Crippen LogP) is 2.89. The second-order valence-electron chi connectivity index (χ2n) is 10.1. The van der Waals surface area contributed by atoms with Gasteiger partial charge in [0.15, 0.2) is 0 Å². The minimum absolute atomic E-state index is 0.0379. The first-order chi connectivity index (χ1) is 14.6. The fourth-order valence-electron chi connectivity index (χ4n) is 6.27. The van der Waals surface area contributed by atoms with Crippen molar-refractivity contribution in [3.8, 4) is 0 Å². The summed E-state index contributed by atoms with van der Waals surface area (Å²) in [6.07, 6.45) is 6.66. The topological polar surface area (TPSA) is 104 Å². The molecule has 0 saturated heterocycles. The Morgan fingerprint density at radius 3 is 1.94 bits per heavy atom. The molecule has 0 aromatic heterocycles. The van der Waals surface area contributed by atoms with Gasteiger partial charge in [0.2, 0.25) is 21.8 Å². The monoisotopic (exact) mass is 447 g/mol. The van der Waals surface area contributed by atoms with Crippen molar-refractivity contribution in [1.82, 2.24) is 10.0 Å². The lowest BCUT2D eigenvalue weighted by atomic mass is 9.49. The number of hydrogen-bond donors (Lipinski definition) is 3. The fourth-order valence-corrected chi connectivity index (χ4v) is 7.00. The fraction of sp³-hybridized carbons (Fsp3) is 0.652. The number of amides is 2. The molecule has 1 aromatic rings. The van der Waals surface area contributed by atoms with E-state index in [1.54, 1.807) is 12.1 Å². The first-order valence-electron chi connectivity index (χ1n) is 11.3. The van der Waals surface area contributed by atoms with E-state index in [1.807, 2.05) is 13.8 Å². The maximum atomic E-state index is 13.4. The first kappa shape index (κ1) is 22.3. The second-order valence-corrected chi connectivity index (χ2v) is 12.0. The van der Waals surface area contributed by atoms with E-state index in [-0.39, 0.29) is 28.0 Å². The molecule has 4 bridgehead atoms. The van der Waals surface area contributed by atoms with Gasteiger partial charge in [-0.15, -0.1) is 0 Å². The summed E-state index contributed by atoms with van der Waals surface area (Å²) in [5, 5.41) is 5.91. The summed E-state index contributed by atoms with van der Waals surface area (Å²) in [7, 11) is -2.18. The Hall–Kier alpha value is -1.93. The number of carbonyl (C=O) groups excluding carboxylic acids is 2. The minimum atomic E-state index is -3.53. The van der Waals surface area contributed by atoms with E-state index in [0.717, 1.165) is 19.3 Å². The van der Waals surface area contributed by atoms with Crippen molar-refractivity contribution >= 4 is 27.5 Å². The second kappa shape index (κ2) is 8.20. The summed E-state index contributed by atoms with van der Waals surface area (Å²) in [5.41, 5.74) is 0.195. The third-order valence-corrected chi connectivity index (χ3v) is 8.89. The number of nitrogens with one attached hydrogen (secondary N) is 3. The maximum Gasteiger partial charge on any atom is 0.247 e. The number of sulfonamides is 1. The van der Waals surface area contributed by atoms with Crippen molar-refractivity contribution in [2.45, 2.75) is 63.3 Å². The Kier molecular flexibility index (Phi) is 5.89. The van der Waals surface area contributed by atoms with Gasteiger partial charge in [0.1, 0.15) is 6.04 Å². The SMILES string of the molecule is CNS(=O)(=O)c1ccc(NC(=O)[C@H](NC(=O)C23CC4CC(CC(C4)C2)C3)C(C)C)cc1. The predicted molar refractivity (Wildman–Crippen MR) is 119 cm³/mol. The summed E-state index contributed by atoms with van der Waals surface area (Å²) in [5.74, 6) is 1.68. The van der Waals surface area contributed by atoms with Crippen LogP contribution in [-0.2, 0) is 19.6 Å². The van der Waals surface area contributed by atoms with Crippen LogP contribution in [0, 0.1) is 29.1 Å². The molecule has 7 nitrogen and oxygen atoms in total. The summed E-state index contributed by atoms with van der Waals surface area (Å²) in [4.78, 5) is 26.5. The highest BCUT2D eigenvalue weighted by Crippen LogP contribution is 2.60. The molecule has 31 heavy (non-hydrogen) atoms. The van der Waals surface area contributed by atoms with E-state index in [2.05, 4.69) is 15.4 Å². The van der Waals surface area contributed by atoms with E-state index in [4.69, 9.17) is 0 Å². The molecule has 0 aliphatic heterocycles. The molecule has 4 saturated carbocycles. The lowest BCUT2D eigenvalue weighted by Gasteiger charge is -2.55. The summed E-state index contributed by atoms with van der Waals surface area (Å²) in [6, 6.07) is 5.36. The Bertz CT molecular complexity index is 920. The van der Waals surface area contributed by atoms with Crippen LogP contribution in [0.1, 0.15) is 52.4 Å².